The second-order valence-electron chi connectivity index (χ2n) is 5.15. The monoisotopic (exact) mass is 262 g/mol. The first kappa shape index (κ1) is 13.9. The molecule has 0 saturated carbocycles. The van der Waals surface area contributed by atoms with Gasteiger partial charge >= 0.3 is 6.03 Å². The zero-order valence-electron chi connectivity index (χ0n) is 11.4. The van der Waals surface area contributed by atoms with Crippen LogP contribution in [-0.2, 0) is 12.0 Å². The van der Waals surface area contributed by atoms with Crippen LogP contribution in [-0.4, -0.2) is 24.2 Å². The third-order valence-electron chi connectivity index (χ3n) is 3.63. The van der Waals surface area contributed by atoms with Gasteiger partial charge in [0.05, 0.1) is 6.54 Å². The van der Waals surface area contributed by atoms with Gasteiger partial charge in [0.1, 0.15) is 5.60 Å². The zero-order chi connectivity index (χ0) is 13.7. The molecule has 1 aromatic rings. The zero-order valence-corrected chi connectivity index (χ0v) is 11.4. The van der Waals surface area contributed by atoms with Crippen molar-refractivity contribution in [1.29, 1.82) is 0 Å². The third kappa shape index (κ3) is 3.26. The Balaban J connectivity index is 2.01. The minimum atomic E-state index is -0.932. The summed E-state index contributed by atoms with van der Waals surface area (Å²) in [5.74, 6) is 0. The van der Waals surface area contributed by atoms with E-state index in [4.69, 9.17) is 0 Å². The van der Waals surface area contributed by atoms with Crippen LogP contribution in [0.25, 0.3) is 0 Å². The predicted molar refractivity (Wildman–Crippen MR) is 75.0 cm³/mol. The molecule has 2 amide bonds. The highest BCUT2D eigenvalue weighted by Crippen LogP contribution is 2.34. The molecule has 0 radical (unpaired) electrons. The lowest BCUT2D eigenvalue weighted by Gasteiger charge is -2.34. The lowest BCUT2D eigenvalue weighted by atomic mass is 9.79. The molecule has 4 heteroatoms. The Morgan fingerprint density at radius 3 is 2.95 bits per heavy atom. The molecule has 0 bridgehead atoms. The van der Waals surface area contributed by atoms with E-state index in [0.29, 0.717) is 13.0 Å². The van der Waals surface area contributed by atoms with Crippen LogP contribution in [0.3, 0.4) is 0 Å². The number of rotatable bonds is 4. The van der Waals surface area contributed by atoms with Crippen LogP contribution in [0, 0.1) is 0 Å². The standard InChI is InChI=1S/C15H22N2O2/c1-2-10-16-14(18)17-11-15(19)9-5-7-12-6-3-4-8-13(12)15/h3-4,6,8,19H,2,5,7,9-11H2,1H3,(H2,16,17,18). The maximum atomic E-state index is 11.6. The Labute approximate surface area is 114 Å². The Morgan fingerprint density at radius 1 is 1.37 bits per heavy atom. The number of fused-ring (bicyclic) bond motifs is 1. The number of hydrogen-bond acceptors (Lipinski definition) is 2. The first-order valence-corrected chi connectivity index (χ1v) is 6.98. The Hall–Kier alpha value is -1.55. The molecule has 0 saturated heterocycles. The summed E-state index contributed by atoms with van der Waals surface area (Å²) in [6.45, 7) is 2.92. The van der Waals surface area contributed by atoms with Gasteiger partial charge in [0, 0.05) is 6.54 Å². The molecule has 0 aliphatic heterocycles. The molecule has 2 rings (SSSR count). The van der Waals surface area contributed by atoms with Crippen molar-refractivity contribution >= 4 is 6.03 Å². The van der Waals surface area contributed by atoms with Crippen LogP contribution >= 0.6 is 0 Å². The number of aryl methyl sites for hydroxylation is 1. The number of hydrogen-bond donors (Lipinski definition) is 3. The van der Waals surface area contributed by atoms with E-state index >= 15 is 0 Å². The molecule has 1 aliphatic carbocycles. The fraction of sp³-hybridized carbons (Fsp3) is 0.533. The van der Waals surface area contributed by atoms with Crippen LogP contribution in [0.1, 0.15) is 37.3 Å². The average molecular weight is 262 g/mol. The number of carbonyl (C=O) groups excluding carboxylic acids is 1. The SMILES string of the molecule is CCCNC(=O)NCC1(O)CCCc2ccccc21. The van der Waals surface area contributed by atoms with E-state index in [2.05, 4.69) is 16.7 Å². The Morgan fingerprint density at radius 2 is 2.16 bits per heavy atom. The van der Waals surface area contributed by atoms with Gasteiger partial charge in [-0.3, -0.25) is 0 Å². The quantitative estimate of drug-likeness (QED) is 0.776. The summed E-state index contributed by atoms with van der Waals surface area (Å²) in [7, 11) is 0. The van der Waals surface area contributed by atoms with Gasteiger partial charge in [-0.25, -0.2) is 4.79 Å². The molecular formula is C15H22N2O2. The summed E-state index contributed by atoms with van der Waals surface area (Å²) in [6, 6.07) is 7.73. The largest absolute Gasteiger partial charge is 0.383 e. The highest BCUT2D eigenvalue weighted by Gasteiger charge is 2.34. The van der Waals surface area contributed by atoms with Gasteiger partial charge in [0.25, 0.3) is 0 Å². The van der Waals surface area contributed by atoms with Gasteiger partial charge < -0.3 is 15.7 Å². The third-order valence-corrected chi connectivity index (χ3v) is 3.63. The first-order valence-electron chi connectivity index (χ1n) is 6.98. The van der Waals surface area contributed by atoms with Crippen LogP contribution < -0.4 is 10.6 Å². The van der Waals surface area contributed by atoms with Gasteiger partial charge in [-0.15, -0.1) is 0 Å². The lowest BCUT2D eigenvalue weighted by molar-refractivity contribution is 0.0217. The minimum absolute atomic E-state index is 0.210. The molecule has 1 aromatic carbocycles. The van der Waals surface area contributed by atoms with Crippen LogP contribution in [0.4, 0.5) is 4.79 Å². The fourth-order valence-corrected chi connectivity index (χ4v) is 2.61. The summed E-state index contributed by atoms with van der Waals surface area (Å²) in [5, 5.41) is 16.3. The van der Waals surface area contributed by atoms with Crippen molar-refractivity contribution in [3.05, 3.63) is 35.4 Å². The van der Waals surface area contributed by atoms with Crippen molar-refractivity contribution in [2.75, 3.05) is 13.1 Å². The molecule has 0 aromatic heterocycles. The van der Waals surface area contributed by atoms with Crippen LogP contribution in [0.2, 0.25) is 0 Å². The second kappa shape index (κ2) is 6.06. The smallest absolute Gasteiger partial charge is 0.314 e. The van der Waals surface area contributed by atoms with Gasteiger partial charge in [0.2, 0.25) is 0 Å². The van der Waals surface area contributed by atoms with E-state index in [0.717, 1.165) is 24.8 Å². The van der Waals surface area contributed by atoms with Gasteiger partial charge in [-0.05, 0) is 36.8 Å². The summed E-state index contributed by atoms with van der Waals surface area (Å²) in [6.07, 6.45) is 3.55. The molecule has 3 N–H and O–H groups in total. The summed E-state index contributed by atoms with van der Waals surface area (Å²) in [5.41, 5.74) is 1.21. The molecule has 0 spiro atoms. The highest BCUT2D eigenvalue weighted by atomic mass is 16.3. The molecule has 1 atom stereocenters. The molecule has 104 valence electrons. The number of aliphatic hydroxyl groups is 1. The minimum Gasteiger partial charge on any atom is -0.383 e. The molecule has 4 nitrogen and oxygen atoms in total. The van der Waals surface area contributed by atoms with E-state index in [9.17, 15) is 9.90 Å². The van der Waals surface area contributed by atoms with E-state index in [1.165, 1.54) is 5.56 Å². The van der Waals surface area contributed by atoms with Crippen molar-refractivity contribution < 1.29 is 9.90 Å². The molecule has 1 unspecified atom stereocenters. The Kier molecular flexibility index (Phi) is 4.43. The topological polar surface area (TPSA) is 61.4 Å². The van der Waals surface area contributed by atoms with Crippen molar-refractivity contribution in [3.63, 3.8) is 0 Å². The average Bonchev–Trinajstić information content (AvgIpc) is 2.44. The Bertz CT molecular complexity index is 448. The predicted octanol–water partition coefficient (Wildman–Crippen LogP) is 1.92. The van der Waals surface area contributed by atoms with Crippen molar-refractivity contribution in [2.45, 2.75) is 38.2 Å². The number of amides is 2. The molecule has 0 heterocycles. The second-order valence-corrected chi connectivity index (χ2v) is 5.15. The van der Waals surface area contributed by atoms with E-state index in [1.54, 1.807) is 0 Å². The number of benzene rings is 1. The van der Waals surface area contributed by atoms with Crippen molar-refractivity contribution in [1.82, 2.24) is 10.6 Å². The van der Waals surface area contributed by atoms with Gasteiger partial charge in [0.15, 0.2) is 0 Å². The molecule has 0 fully saturated rings. The number of urea groups is 1. The maximum absolute atomic E-state index is 11.6. The normalized spacial score (nSPS) is 21.6. The number of nitrogens with one attached hydrogen (secondary N) is 2. The summed E-state index contributed by atoms with van der Waals surface area (Å²) < 4.78 is 0. The van der Waals surface area contributed by atoms with Crippen LogP contribution in [0.5, 0.6) is 0 Å². The van der Waals surface area contributed by atoms with E-state index in [1.807, 2.05) is 25.1 Å². The number of carbonyl (C=O) groups is 1. The van der Waals surface area contributed by atoms with E-state index in [-0.39, 0.29) is 12.6 Å². The van der Waals surface area contributed by atoms with Crippen molar-refractivity contribution in [3.8, 4) is 0 Å². The molecule has 1 aliphatic rings. The summed E-state index contributed by atoms with van der Waals surface area (Å²) in [4.78, 5) is 11.6. The first-order chi connectivity index (χ1) is 9.15. The summed E-state index contributed by atoms with van der Waals surface area (Å²) >= 11 is 0. The van der Waals surface area contributed by atoms with E-state index < -0.39 is 5.60 Å². The lowest BCUT2D eigenvalue weighted by Crippen LogP contribution is -2.46. The van der Waals surface area contributed by atoms with Crippen molar-refractivity contribution in [2.24, 2.45) is 0 Å². The highest BCUT2D eigenvalue weighted by molar-refractivity contribution is 5.73. The van der Waals surface area contributed by atoms with Gasteiger partial charge in [-0.2, -0.15) is 0 Å². The molecular weight excluding hydrogens is 240 g/mol. The van der Waals surface area contributed by atoms with Gasteiger partial charge in [-0.1, -0.05) is 31.2 Å². The fourth-order valence-electron chi connectivity index (χ4n) is 2.61. The van der Waals surface area contributed by atoms with Crippen LogP contribution in [0.15, 0.2) is 24.3 Å². The molecule has 19 heavy (non-hydrogen) atoms. The maximum Gasteiger partial charge on any atom is 0.314 e.